The van der Waals surface area contributed by atoms with Crippen molar-refractivity contribution < 1.29 is 14.2 Å². The summed E-state index contributed by atoms with van der Waals surface area (Å²) in [5, 5.41) is 4.99. The van der Waals surface area contributed by atoms with E-state index in [-0.39, 0.29) is 6.29 Å². The molecule has 0 amide bonds. The maximum absolute atomic E-state index is 6.40. The Balaban J connectivity index is 1.78. The van der Waals surface area contributed by atoms with E-state index in [0.717, 1.165) is 17.3 Å². The van der Waals surface area contributed by atoms with Crippen LogP contribution in [0, 0.1) is 0 Å². The molecule has 6 nitrogen and oxygen atoms in total. The molecule has 0 saturated carbocycles. The van der Waals surface area contributed by atoms with Crippen LogP contribution < -0.4 is 25.3 Å². The lowest BCUT2D eigenvalue weighted by Gasteiger charge is -2.16. The molecule has 1 aromatic heterocycles. The molecule has 8 heteroatoms. The minimum Gasteiger partial charge on any atom is -0.492 e. The largest absolute Gasteiger partial charge is 0.492 e. The van der Waals surface area contributed by atoms with Gasteiger partial charge in [-0.2, -0.15) is 0 Å². The Morgan fingerprint density at radius 3 is 2.64 bits per heavy atom. The highest BCUT2D eigenvalue weighted by Crippen LogP contribution is 2.43. The van der Waals surface area contributed by atoms with Gasteiger partial charge in [0.15, 0.2) is 11.5 Å². The minimum atomic E-state index is -0.343. The lowest BCUT2D eigenvalue weighted by molar-refractivity contribution is 0.0679. The quantitative estimate of drug-likeness (QED) is 0.545. The second-order valence-electron chi connectivity index (χ2n) is 6.44. The molecule has 1 atom stereocenters. The zero-order valence-corrected chi connectivity index (χ0v) is 16.9. The molecule has 2 aromatic carbocycles. The van der Waals surface area contributed by atoms with Crippen LogP contribution in [0.3, 0.4) is 0 Å². The van der Waals surface area contributed by atoms with E-state index in [1.807, 2.05) is 26.0 Å². The summed E-state index contributed by atoms with van der Waals surface area (Å²) in [6.45, 7) is 4.41. The number of anilines is 3. The van der Waals surface area contributed by atoms with Crippen LogP contribution in [-0.2, 0) is 0 Å². The fourth-order valence-electron chi connectivity index (χ4n) is 3.00. The summed E-state index contributed by atoms with van der Waals surface area (Å²) in [5.41, 5.74) is 8.70. The maximum Gasteiger partial charge on any atom is 0.238 e. The number of nitrogen functional groups attached to an aromatic ring is 1. The van der Waals surface area contributed by atoms with E-state index in [4.69, 9.17) is 43.1 Å². The van der Waals surface area contributed by atoms with Crippen LogP contribution in [0.1, 0.15) is 20.3 Å². The third kappa shape index (κ3) is 3.45. The summed E-state index contributed by atoms with van der Waals surface area (Å²) in [7, 11) is 0. The highest BCUT2D eigenvalue weighted by atomic mass is 35.5. The van der Waals surface area contributed by atoms with Gasteiger partial charge in [0, 0.05) is 24.4 Å². The Hall–Kier alpha value is -2.57. The summed E-state index contributed by atoms with van der Waals surface area (Å²) in [6.07, 6.45) is 2.12. The topological polar surface area (TPSA) is 78.6 Å². The fraction of sp³-hybridized carbons (Fsp3) is 0.250. The number of benzene rings is 2. The van der Waals surface area contributed by atoms with Gasteiger partial charge in [0.2, 0.25) is 6.29 Å². The first kappa shape index (κ1) is 18.8. The highest BCUT2D eigenvalue weighted by molar-refractivity contribution is 6.37. The summed E-state index contributed by atoms with van der Waals surface area (Å²) in [4.78, 5) is 4.40. The van der Waals surface area contributed by atoms with E-state index in [1.165, 1.54) is 0 Å². The number of ether oxygens (including phenoxy) is 3. The molecule has 3 aromatic rings. The Bertz CT molecular complexity index is 1060. The molecule has 0 aliphatic carbocycles. The van der Waals surface area contributed by atoms with Gasteiger partial charge in [-0.05, 0) is 18.6 Å². The molecular weight excluding hydrogens is 401 g/mol. The number of rotatable bonds is 5. The van der Waals surface area contributed by atoms with E-state index in [0.29, 0.717) is 51.0 Å². The number of nitrogens with zero attached hydrogens (tertiary/aromatic N) is 1. The third-order valence-electron chi connectivity index (χ3n) is 4.29. The van der Waals surface area contributed by atoms with Gasteiger partial charge < -0.3 is 25.3 Å². The number of aromatic nitrogens is 1. The zero-order valence-electron chi connectivity index (χ0n) is 15.4. The van der Waals surface area contributed by atoms with Crippen LogP contribution in [0.5, 0.6) is 17.2 Å². The molecule has 0 saturated heterocycles. The standard InChI is InChI=1S/C20H19Cl2N3O3/c1-3-4-26-17-8-16(12(21)6-13(17)22)25-20-11-5-18-19(28-10(2)27-18)7-15(11)24-9-14(20)23/h5-10H,3-4,23H2,1-2H3,(H,24,25). The van der Waals surface area contributed by atoms with E-state index >= 15 is 0 Å². The first-order chi connectivity index (χ1) is 13.5. The van der Waals surface area contributed by atoms with Gasteiger partial charge in [0.05, 0.1) is 45.4 Å². The first-order valence-corrected chi connectivity index (χ1v) is 9.66. The van der Waals surface area contributed by atoms with Gasteiger partial charge in [-0.25, -0.2) is 0 Å². The van der Waals surface area contributed by atoms with Crippen molar-refractivity contribution >= 4 is 51.2 Å². The Kier molecular flexibility index (Phi) is 5.00. The number of nitrogens with two attached hydrogens (primary N) is 1. The van der Waals surface area contributed by atoms with Gasteiger partial charge in [0.1, 0.15) is 5.75 Å². The number of hydrogen-bond donors (Lipinski definition) is 2. The van der Waals surface area contributed by atoms with E-state index in [2.05, 4.69) is 10.3 Å². The Morgan fingerprint density at radius 2 is 1.89 bits per heavy atom. The van der Waals surface area contributed by atoms with Crippen molar-refractivity contribution in [2.75, 3.05) is 17.7 Å². The van der Waals surface area contributed by atoms with Crippen LogP contribution in [0.4, 0.5) is 17.1 Å². The van der Waals surface area contributed by atoms with Crippen molar-refractivity contribution in [3.05, 3.63) is 40.5 Å². The Labute approximate surface area is 172 Å². The van der Waals surface area contributed by atoms with Crippen LogP contribution in [-0.4, -0.2) is 17.9 Å². The predicted molar refractivity (Wildman–Crippen MR) is 112 cm³/mol. The van der Waals surface area contributed by atoms with Crippen LogP contribution in [0.15, 0.2) is 30.5 Å². The molecule has 3 N–H and O–H groups in total. The van der Waals surface area contributed by atoms with Crippen molar-refractivity contribution in [1.29, 1.82) is 0 Å². The van der Waals surface area contributed by atoms with Gasteiger partial charge in [-0.15, -0.1) is 0 Å². The van der Waals surface area contributed by atoms with E-state index in [1.54, 1.807) is 18.3 Å². The normalized spacial score (nSPS) is 15.1. The van der Waals surface area contributed by atoms with Gasteiger partial charge in [-0.1, -0.05) is 30.1 Å². The van der Waals surface area contributed by atoms with Crippen molar-refractivity contribution in [2.45, 2.75) is 26.6 Å². The number of nitrogens with one attached hydrogen (secondary N) is 1. The SMILES string of the molecule is CCCOc1cc(Nc2c(N)cnc3cc4c(cc23)OC(C)O4)c(Cl)cc1Cl. The smallest absolute Gasteiger partial charge is 0.238 e. The number of hydrogen-bond acceptors (Lipinski definition) is 6. The number of fused-ring (bicyclic) bond motifs is 2. The van der Waals surface area contributed by atoms with Crippen LogP contribution in [0.25, 0.3) is 10.9 Å². The highest BCUT2D eigenvalue weighted by Gasteiger charge is 2.22. The monoisotopic (exact) mass is 419 g/mol. The molecule has 1 aliphatic rings. The zero-order chi connectivity index (χ0) is 19.8. The molecule has 0 fully saturated rings. The van der Waals surface area contributed by atoms with Crippen molar-refractivity contribution in [1.82, 2.24) is 4.98 Å². The number of halogens is 2. The predicted octanol–water partition coefficient (Wildman–Crippen LogP) is 5.77. The number of pyridine rings is 1. The second kappa shape index (κ2) is 7.45. The molecular formula is C20H19Cl2N3O3. The average Bonchev–Trinajstić information content (AvgIpc) is 3.02. The average molecular weight is 420 g/mol. The lowest BCUT2D eigenvalue weighted by atomic mass is 10.1. The van der Waals surface area contributed by atoms with E-state index < -0.39 is 0 Å². The lowest BCUT2D eigenvalue weighted by Crippen LogP contribution is -2.11. The molecule has 1 aliphatic heterocycles. The van der Waals surface area contributed by atoms with Crippen molar-refractivity contribution in [3.8, 4) is 17.2 Å². The molecule has 0 radical (unpaired) electrons. The summed E-state index contributed by atoms with van der Waals surface area (Å²) >= 11 is 12.6. The summed E-state index contributed by atoms with van der Waals surface area (Å²) in [5.74, 6) is 1.85. The van der Waals surface area contributed by atoms with E-state index in [9.17, 15) is 0 Å². The summed E-state index contributed by atoms with van der Waals surface area (Å²) < 4.78 is 17.0. The molecule has 4 rings (SSSR count). The minimum absolute atomic E-state index is 0.343. The molecule has 1 unspecified atom stereocenters. The van der Waals surface area contributed by atoms with Crippen LogP contribution in [0.2, 0.25) is 10.0 Å². The second-order valence-corrected chi connectivity index (χ2v) is 7.26. The van der Waals surface area contributed by atoms with Crippen molar-refractivity contribution in [2.24, 2.45) is 0 Å². The maximum atomic E-state index is 6.40. The molecule has 0 bridgehead atoms. The Morgan fingerprint density at radius 1 is 1.14 bits per heavy atom. The third-order valence-corrected chi connectivity index (χ3v) is 4.90. The van der Waals surface area contributed by atoms with Crippen molar-refractivity contribution in [3.63, 3.8) is 0 Å². The van der Waals surface area contributed by atoms with Gasteiger partial charge in [0.25, 0.3) is 0 Å². The van der Waals surface area contributed by atoms with Crippen LogP contribution >= 0.6 is 23.2 Å². The molecule has 2 heterocycles. The molecule has 0 spiro atoms. The first-order valence-electron chi connectivity index (χ1n) is 8.90. The van der Waals surface area contributed by atoms with Gasteiger partial charge >= 0.3 is 0 Å². The molecule has 28 heavy (non-hydrogen) atoms. The fourth-order valence-corrected chi connectivity index (χ4v) is 3.49. The van der Waals surface area contributed by atoms with Gasteiger partial charge in [-0.3, -0.25) is 4.98 Å². The molecule has 146 valence electrons. The summed E-state index contributed by atoms with van der Waals surface area (Å²) in [6, 6.07) is 7.10.